The standard InChI is InChI=1S/C10H14N2O2S/c1-8-2-4-10(5-3-8)15(13,14)12-6-9(11)7-12/h2-5,9H,6-7,11H2,1H3. The lowest BCUT2D eigenvalue weighted by atomic mass is 10.2. The molecule has 0 spiro atoms. The molecule has 0 radical (unpaired) electrons. The maximum atomic E-state index is 11.9. The van der Waals surface area contributed by atoms with Gasteiger partial charge in [0, 0.05) is 19.1 Å². The van der Waals surface area contributed by atoms with Crippen molar-refractivity contribution in [1.82, 2.24) is 4.31 Å². The molecule has 4 nitrogen and oxygen atoms in total. The Bertz CT molecular complexity index is 447. The summed E-state index contributed by atoms with van der Waals surface area (Å²) >= 11 is 0. The minimum atomic E-state index is -3.30. The molecule has 1 saturated heterocycles. The molecule has 2 rings (SSSR count). The summed E-state index contributed by atoms with van der Waals surface area (Å²) in [4.78, 5) is 0.347. The first-order valence-electron chi connectivity index (χ1n) is 4.82. The molecule has 2 N–H and O–H groups in total. The van der Waals surface area contributed by atoms with Crippen LogP contribution in [0.2, 0.25) is 0 Å². The normalized spacial score (nSPS) is 18.8. The van der Waals surface area contributed by atoms with E-state index in [1.54, 1.807) is 24.3 Å². The highest BCUT2D eigenvalue weighted by Crippen LogP contribution is 2.20. The number of hydrogen-bond donors (Lipinski definition) is 1. The SMILES string of the molecule is Cc1ccc(S(=O)(=O)N2CC(N)C2)cc1. The Morgan fingerprint density at radius 1 is 1.27 bits per heavy atom. The van der Waals surface area contributed by atoms with Crippen LogP contribution in [-0.4, -0.2) is 31.9 Å². The van der Waals surface area contributed by atoms with E-state index in [-0.39, 0.29) is 6.04 Å². The summed E-state index contributed by atoms with van der Waals surface area (Å²) in [5.41, 5.74) is 6.61. The van der Waals surface area contributed by atoms with Gasteiger partial charge in [-0.15, -0.1) is 0 Å². The first-order chi connectivity index (χ1) is 7.00. The van der Waals surface area contributed by atoms with Crippen LogP contribution in [0.15, 0.2) is 29.2 Å². The van der Waals surface area contributed by atoms with Crippen molar-refractivity contribution in [2.45, 2.75) is 17.9 Å². The van der Waals surface area contributed by atoms with E-state index in [4.69, 9.17) is 5.73 Å². The molecule has 0 unspecified atom stereocenters. The van der Waals surface area contributed by atoms with Crippen molar-refractivity contribution in [2.75, 3.05) is 13.1 Å². The summed E-state index contributed by atoms with van der Waals surface area (Å²) in [5.74, 6) is 0. The van der Waals surface area contributed by atoms with Crippen molar-refractivity contribution < 1.29 is 8.42 Å². The summed E-state index contributed by atoms with van der Waals surface area (Å²) in [6, 6.07) is 6.85. The molecular weight excluding hydrogens is 212 g/mol. The van der Waals surface area contributed by atoms with Crippen molar-refractivity contribution in [2.24, 2.45) is 5.73 Å². The molecule has 1 aliphatic heterocycles. The van der Waals surface area contributed by atoms with Crippen LogP contribution in [-0.2, 0) is 10.0 Å². The van der Waals surface area contributed by atoms with Crippen LogP contribution >= 0.6 is 0 Å². The van der Waals surface area contributed by atoms with Gasteiger partial charge in [0.25, 0.3) is 0 Å². The number of nitrogens with two attached hydrogens (primary N) is 1. The quantitative estimate of drug-likeness (QED) is 0.790. The van der Waals surface area contributed by atoms with Crippen molar-refractivity contribution >= 4 is 10.0 Å². The summed E-state index contributed by atoms with van der Waals surface area (Å²) in [6.07, 6.45) is 0. The average molecular weight is 226 g/mol. The number of benzene rings is 1. The van der Waals surface area contributed by atoms with Crippen molar-refractivity contribution in [1.29, 1.82) is 0 Å². The first kappa shape index (κ1) is 10.6. The Kier molecular flexibility index (Phi) is 2.54. The Labute approximate surface area is 89.7 Å². The van der Waals surface area contributed by atoms with Crippen LogP contribution in [0.1, 0.15) is 5.56 Å². The molecule has 0 amide bonds. The van der Waals surface area contributed by atoms with Gasteiger partial charge in [-0.1, -0.05) is 17.7 Å². The van der Waals surface area contributed by atoms with Gasteiger partial charge >= 0.3 is 0 Å². The number of nitrogens with zero attached hydrogens (tertiary/aromatic N) is 1. The smallest absolute Gasteiger partial charge is 0.243 e. The fourth-order valence-corrected chi connectivity index (χ4v) is 3.08. The largest absolute Gasteiger partial charge is 0.325 e. The second-order valence-electron chi connectivity index (χ2n) is 3.90. The summed E-state index contributed by atoms with van der Waals surface area (Å²) in [5, 5.41) is 0. The summed E-state index contributed by atoms with van der Waals surface area (Å²) in [6.45, 7) is 2.78. The van der Waals surface area contributed by atoms with Gasteiger partial charge in [-0.3, -0.25) is 0 Å². The predicted octanol–water partition coefficient (Wildman–Crippen LogP) is 0.327. The van der Waals surface area contributed by atoms with Gasteiger partial charge in [-0.05, 0) is 19.1 Å². The van der Waals surface area contributed by atoms with E-state index in [0.29, 0.717) is 18.0 Å². The zero-order valence-electron chi connectivity index (χ0n) is 8.55. The number of sulfonamides is 1. The molecule has 15 heavy (non-hydrogen) atoms. The second-order valence-corrected chi connectivity index (χ2v) is 5.83. The minimum absolute atomic E-state index is 0.00905. The van der Waals surface area contributed by atoms with Gasteiger partial charge in [-0.25, -0.2) is 8.42 Å². The van der Waals surface area contributed by atoms with Crippen LogP contribution in [0, 0.1) is 6.92 Å². The molecular formula is C10H14N2O2S. The lowest BCUT2D eigenvalue weighted by Gasteiger charge is -2.35. The van der Waals surface area contributed by atoms with E-state index in [1.807, 2.05) is 6.92 Å². The lowest BCUT2D eigenvalue weighted by molar-refractivity contribution is 0.265. The monoisotopic (exact) mass is 226 g/mol. The molecule has 0 aliphatic carbocycles. The predicted molar refractivity (Wildman–Crippen MR) is 57.9 cm³/mol. The maximum Gasteiger partial charge on any atom is 0.243 e. The van der Waals surface area contributed by atoms with Crippen LogP contribution in [0.4, 0.5) is 0 Å². The van der Waals surface area contributed by atoms with Gasteiger partial charge in [0.05, 0.1) is 4.90 Å². The molecule has 1 aromatic carbocycles. The minimum Gasteiger partial charge on any atom is -0.325 e. The Morgan fingerprint density at radius 2 is 1.80 bits per heavy atom. The van der Waals surface area contributed by atoms with Crippen LogP contribution in [0.5, 0.6) is 0 Å². The molecule has 82 valence electrons. The fourth-order valence-electron chi connectivity index (χ4n) is 1.53. The third kappa shape index (κ3) is 1.90. The Balaban J connectivity index is 2.26. The highest BCUT2D eigenvalue weighted by atomic mass is 32.2. The van der Waals surface area contributed by atoms with E-state index in [1.165, 1.54) is 4.31 Å². The summed E-state index contributed by atoms with van der Waals surface area (Å²) in [7, 11) is -3.30. The molecule has 0 saturated carbocycles. The number of aryl methyl sites for hydroxylation is 1. The topological polar surface area (TPSA) is 63.4 Å². The molecule has 0 aromatic heterocycles. The fraction of sp³-hybridized carbons (Fsp3) is 0.400. The van der Waals surface area contributed by atoms with Gasteiger partial charge < -0.3 is 5.73 Å². The van der Waals surface area contributed by atoms with Gasteiger partial charge in [0.2, 0.25) is 10.0 Å². The van der Waals surface area contributed by atoms with Crippen LogP contribution < -0.4 is 5.73 Å². The molecule has 0 atom stereocenters. The first-order valence-corrected chi connectivity index (χ1v) is 6.26. The maximum absolute atomic E-state index is 11.9. The highest BCUT2D eigenvalue weighted by molar-refractivity contribution is 7.89. The van der Waals surface area contributed by atoms with E-state index in [9.17, 15) is 8.42 Å². The molecule has 1 heterocycles. The number of rotatable bonds is 2. The highest BCUT2D eigenvalue weighted by Gasteiger charge is 2.34. The van der Waals surface area contributed by atoms with E-state index in [2.05, 4.69) is 0 Å². The average Bonchev–Trinajstić information content (AvgIpc) is 2.13. The number of hydrogen-bond acceptors (Lipinski definition) is 3. The van der Waals surface area contributed by atoms with E-state index >= 15 is 0 Å². The Hall–Kier alpha value is -0.910. The van der Waals surface area contributed by atoms with Gasteiger partial charge in [0.1, 0.15) is 0 Å². The lowest BCUT2D eigenvalue weighted by Crippen LogP contribution is -2.57. The zero-order chi connectivity index (χ0) is 11.1. The van der Waals surface area contributed by atoms with Gasteiger partial charge in [0.15, 0.2) is 0 Å². The molecule has 5 heteroatoms. The van der Waals surface area contributed by atoms with E-state index < -0.39 is 10.0 Å². The van der Waals surface area contributed by atoms with Crippen LogP contribution in [0.3, 0.4) is 0 Å². The third-order valence-corrected chi connectivity index (χ3v) is 4.38. The van der Waals surface area contributed by atoms with Crippen LogP contribution in [0.25, 0.3) is 0 Å². The third-order valence-electron chi connectivity index (χ3n) is 2.54. The molecule has 1 fully saturated rings. The molecule has 0 bridgehead atoms. The second kappa shape index (κ2) is 3.59. The van der Waals surface area contributed by atoms with Crippen molar-refractivity contribution in [3.05, 3.63) is 29.8 Å². The van der Waals surface area contributed by atoms with Crippen molar-refractivity contribution in [3.63, 3.8) is 0 Å². The molecule has 1 aromatic rings. The van der Waals surface area contributed by atoms with Crippen molar-refractivity contribution in [3.8, 4) is 0 Å². The van der Waals surface area contributed by atoms with Gasteiger partial charge in [-0.2, -0.15) is 4.31 Å². The summed E-state index contributed by atoms with van der Waals surface area (Å²) < 4.78 is 25.3. The van der Waals surface area contributed by atoms with E-state index in [0.717, 1.165) is 5.56 Å². The molecule has 1 aliphatic rings. The Morgan fingerprint density at radius 3 is 2.27 bits per heavy atom. The zero-order valence-corrected chi connectivity index (χ0v) is 9.37.